The van der Waals surface area contributed by atoms with Crippen LogP contribution in [0.4, 0.5) is 9.59 Å². The van der Waals surface area contributed by atoms with Crippen LogP contribution >= 0.6 is 0 Å². The minimum absolute atomic E-state index is 0.0576. The number of amides is 2. The summed E-state index contributed by atoms with van der Waals surface area (Å²) in [6.45, 7) is 3.09. The van der Waals surface area contributed by atoms with Crippen molar-refractivity contribution in [3.05, 3.63) is 72.3 Å². The fourth-order valence-corrected chi connectivity index (χ4v) is 3.35. The van der Waals surface area contributed by atoms with Gasteiger partial charge in [-0.2, -0.15) is 0 Å². The lowest BCUT2D eigenvalue weighted by Gasteiger charge is -2.17. The monoisotopic (exact) mass is 410 g/mol. The van der Waals surface area contributed by atoms with Crippen molar-refractivity contribution in [2.75, 3.05) is 19.8 Å². The van der Waals surface area contributed by atoms with Gasteiger partial charge in [-0.25, -0.2) is 14.4 Å². The molecule has 0 aliphatic heterocycles. The number of alkyl carbamates (subject to hydrolysis) is 2. The van der Waals surface area contributed by atoms with E-state index in [2.05, 4.69) is 21.9 Å². The molecule has 0 spiro atoms. The zero-order valence-electron chi connectivity index (χ0n) is 16.2. The molecule has 0 unspecified atom stereocenters. The molecular weight excluding hydrogens is 388 g/mol. The fourth-order valence-electron chi connectivity index (χ4n) is 3.35. The van der Waals surface area contributed by atoms with Crippen LogP contribution in [0.3, 0.4) is 0 Å². The Labute approximate surface area is 173 Å². The average Bonchev–Trinajstić information content (AvgIpc) is 3.07. The Morgan fingerprint density at radius 2 is 1.60 bits per heavy atom. The summed E-state index contributed by atoms with van der Waals surface area (Å²) in [6, 6.07) is 14.5. The van der Waals surface area contributed by atoms with E-state index in [4.69, 9.17) is 4.74 Å². The summed E-state index contributed by atoms with van der Waals surface area (Å²) < 4.78 is 10.0. The molecule has 1 aliphatic carbocycles. The molecule has 30 heavy (non-hydrogen) atoms. The van der Waals surface area contributed by atoms with Gasteiger partial charge in [-0.1, -0.05) is 61.2 Å². The van der Waals surface area contributed by atoms with Crippen molar-refractivity contribution < 1.29 is 29.0 Å². The van der Waals surface area contributed by atoms with E-state index in [9.17, 15) is 19.5 Å². The third-order valence-electron chi connectivity index (χ3n) is 4.72. The minimum Gasteiger partial charge on any atom is -0.480 e. The van der Waals surface area contributed by atoms with Crippen LogP contribution in [-0.4, -0.2) is 49.1 Å². The molecule has 0 saturated carbocycles. The van der Waals surface area contributed by atoms with Crippen LogP contribution in [0.15, 0.2) is 61.2 Å². The van der Waals surface area contributed by atoms with Crippen LogP contribution in [0.25, 0.3) is 11.1 Å². The number of benzene rings is 2. The molecule has 0 saturated heterocycles. The number of hydrogen-bond donors (Lipinski definition) is 3. The molecule has 3 N–H and O–H groups in total. The highest BCUT2D eigenvalue weighted by Crippen LogP contribution is 2.44. The van der Waals surface area contributed by atoms with Crippen molar-refractivity contribution in [1.82, 2.24) is 10.6 Å². The quantitative estimate of drug-likeness (QED) is 0.577. The number of carbonyl (C=O) groups excluding carboxylic acids is 2. The second-order valence-electron chi connectivity index (χ2n) is 6.63. The maximum atomic E-state index is 12.1. The van der Waals surface area contributed by atoms with Gasteiger partial charge in [0.1, 0.15) is 19.3 Å². The van der Waals surface area contributed by atoms with Crippen molar-refractivity contribution in [3.8, 4) is 11.1 Å². The molecule has 1 aliphatic rings. The van der Waals surface area contributed by atoms with Crippen molar-refractivity contribution in [2.45, 2.75) is 12.0 Å². The summed E-state index contributed by atoms with van der Waals surface area (Å²) >= 11 is 0. The Bertz CT molecular complexity index is 913. The number of ether oxygens (including phenoxy) is 2. The Morgan fingerprint density at radius 1 is 1.00 bits per heavy atom. The highest BCUT2D eigenvalue weighted by molar-refractivity contribution is 5.81. The van der Waals surface area contributed by atoms with E-state index >= 15 is 0 Å². The molecule has 2 amide bonds. The first kappa shape index (κ1) is 20.9. The summed E-state index contributed by atoms with van der Waals surface area (Å²) in [6.07, 6.45) is -0.342. The Balaban J connectivity index is 1.56. The number of carboxylic acids is 1. The molecule has 3 rings (SSSR count). The predicted octanol–water partition coefficient (Wildman–Crippen LogP) is 2.89. The van der Waals surface area contributed by atoms with Gasteiger partial charge in [0.2, 0.25) is 0 Å². The summed E-state index contributed by atoms with van der Waals surface area (Å²) in [7, 11) is 0. The first-order chi connectivity index (χ1) is 14.5. The molecule has 2 aromatic carbocycles. The third kappa shape index (κ3) is 4.78. The summed E-state index contributed by atoms with van der Waals surface area (Å²) in [5.41, 5.74) is 4.36. The third-order valence-corrected chi connectivity index (χ3v) is 4.72. The zero-order valence-corrected chi connectivity index (χ0v) is 16.2. The number of carboxylic acid groups (broad SMARTS) is 1. The summed E-state index contributed by atoms with van der Waals surface area (Å²) in [4.78, 5) is 34.9. The zero-order chi connectivity index (χ0) is 21.5. The summed E-state index contributed by atoms with van der Waals surface area (Å²) in [5, 5.41) is 13.7. The van der Waals surface area contributed by atoms with Crippen LogP contribution in [-0.2, 0) is 14.3 Å². The average molecular weight is 410 g/mol. The van der Waals surface area contributed by atoms with E-state index in [0.29, 0.717) is 0 Å². The SMILES string of the molecule is C=CCOC(=O)N[C@@H](CNC(=O)OCC1c2ccccc2-c2ccccc21)C(=O)O. The smallest absolute Gasteiger partial charge is 0.408 e. The van der Waals surface area contributed by atoms with Gasteiger partial charge in [-0.05, 0) is 22.3 Å². The van der Waals surface area contributed by atoms with Gasteiger partial charge in [-0.15, -0.1) is 0 Å². The lowest BCUT2D eigenvalue weighted by molar-refractivity contribution is -0.139. The first-order valence-corrected chi connectivity index (χ1v) is 9.37. The van der Waals surface area contributed by atoms with Gasteiger partial charge in [0.05, 0.1) is 6.54 Å². The molecule has 2 aromatic rings. The van der Waals surface area contributed by atoms with Gasteiger partial charge in [0, 0.05) is 5.92 Å². The van der Waals surface area contributed by atoms with E-state index < -0.39 is 24.2 Å². The highest BCUT2D eigenvalue weighted by atomic mass is 16.6. The first-order valence-electron chi connectivity index (χ1n) is 9.37. The minimum atomic E-state index is -1.36. The van der Waals surface area contributed by atoms with Crippen molar-refractivity contribution in [1.29, 1.82) is 0 Å². The van der Waals surface area contributed by atoms with E-state index in [1.54, 1.807) is 0 Å². The van der Waals surface area contributed by atoms with Crippen LogP contribution in [0.1, 0.15) is 17.0 Å². The highest BCUT2D eigenvalue weighted by Gasteiger charge is 2.29. The summed E-state index contributed by atoms with van der Waals surface area (Å²) in [5.74, 6) is -1.42. The van der Waals surface area contributed by atoms with Crippen molar-refractivity contribution in [2.24, 2.45) is 0 Å². The largest absolute Gasteiger partial charge is 0.480 e. The van der Waals surface area contributed by atoms with Gasteiger partial charge >= 0.3 is 18.2 Å². The van der Waals surface area contributed by atoms with E-state index in [1.807, 2.05) is 48.5 Å². The molecule has 0 radical (unpaired) electrons. The van der Waals surface area contributed by atoms with Gasteiger partial charge < -0.3 is 25.2 Å². The molecule has 156 valence electrons. The Kier molecular flexibility index (Phi) is 6.69. The molecule has 1 atom stereocenters. The number of carbonyl (C=O) groups is 3. The van der Waals surface area contributed by atoms with E-state index in [0.717, 1.165) is 22.3 Å². The lowest BCUT2D eigenvalue weighted by atomic mass is 9.98. The molecule has 8 nitrogen and oxygen atoms in total. The molecule has 0 heterocycles. The number of fused-ring (bicyclic) bond motifs is 3. The number of aliphatic carboxylic acids is 1. The van der Waals surface area contributed by atoms with E-state index in [-0.39, 0.29) is 25.7 Å². The standard InChI is InChI=1S/C22H22N2O6/c1-2-11-29-22(28)24-19(20(25)26)12-23-21(27)30-13-18-16-9-5-3-7-14(16)15-8-4-6-10-17(15)18/h2-10,18-19H,1,11-13H2,(H,23,27)(H,24,28)(H,25,26)/t19-/m0/s1. The lowest BCUT2D eigenvalue weighted by Crippen LogP contribution is -2.48. The van der Waals surface area contributed by atoms with E-state index in [1.165, 1.54) is 6.08 Å². The maximum absolute atomic E-state index is 12.1. The predicted molar refractivity (Wildman–Crippen MR) is 109 cm³/mol. The fraction of sp³-hybridized carbons (Fsp3) is 0.227. The van der Waals surface area contributed by atoms with Gasteiger partial charge in [0.15, 0.2) is 0 Å². The van der Waals surface area contributed by atoms with Crippen molar-refractivity contribution in [3.63, 3.8) is 0 Å². The molecule has 0 fully saturated rings. The van der Waals surface area contributed by atoms with Crippen LogP contribution in [0.2, 0.25) is 0 Å². The number of rotatable bonds is 8. The van der Waals surface area contributed by atoms with Crippen LogP contribution in [0.5, 0.6) is 0 Å². The molecule has 0 bridgehead atoms. The maximum Gasteiger partial charge on any atom is 0.408 e. The molecule has 0 aromatic heterocycles. The van der Waals surface area contributed by atoms with Gasteiger partial charge in [0.25, 0.3) is 0 Å². The molecule has 8 heteroatoms. The Hall–Kier alpha value is -3.81. The Morgan fingerprint density at radius 3 is 2.17 bits per heavy atom. The topological polar surface area (TPSA) is 114 Å². The van der Waals surface area contributed by atoms with Crippen LogP contribution < -0.4 is 10.6 Å². The number of hydrogen-bond acceptors (Lipinski definition) is 5. The van der Waals surface area contributed by atoms with Crippen molar-refractivity contribution >= 4 is 18.2 Å². The second-order valence-corrected chi connectivity index (χ2v) is 6.63. The van der Waals surface area contributed by atoms with Gasteiger partial charge in [-0.3, -0.25) is 0 Å². The second kappa shape index (κ2) is 9.60. The van der Waals surface area contributed by atoms with Crippen LogP contribution in [0, 0.1) is 0 Å². The molecular formula is C22H22N2O6. The number of nitrogens with one attached hydrogen (secondary N) is 2. The normalized spacial score (nSPS) is 12.8.